The van der Waals surface area contributed by atoms with Crippen LogP contribution in [0.1, 0.15) is 51.0 Å². The number of rotatable bonds is 5. The Labute approximate surface area is 128 Å². The third kappa shape index (κ3) is 2.64. The lowest BCUT2D eigenvalue weighted by Gasteiger charge is -2.59. The van der Waals surface area contributed by atoms with Crippen LogP contribution in [0.5, 0.6) is 0 Å². The number of nitrogens with one attached hydrogen (secondary N) is 1. The third-order valence-corrected chi connectivity index (χ3v) is 6.35. The molecule has 1 aromatic rings. The summed E-state index contributed by atoms with van der Waals surface area (Å²) in [6.07, 6.45) is 8.83. The van der Waals surface area contributed by atoms with Crippen molar-refractivity contribution in [2.75, 3.05) is 0 Å². The van der Waals surface area contributed by atoms with E-state index in [-0.39, 0.29) is 0 Å². The van der Waals surface area contributed by atoms with Crippen molar-refractivity contribution in [2.24, 2.45) is 23.2 Å². The highest BCUT2D eigenvalue weighted by Gasteiger charge is 2.53. The van der Waals surface area contributed by atoms with Gasteiger partial charge in [0.15, 0.2) is 0 Å². The fraction of sp³-hybridized carbons (Fsp3) is 0.684. The molecule has 2 nitrogen and oxygen atoms in total. The highest BCUT2D eigenvalue weighted by molar-refractivity contribution is 5.13. The van der Waals surface area contributed by atoms with E-state index in [0.717, 1.165) is 17.8 Å². The molecule has 2 heteroatoms. The summed E-state index contributed by atoms with van der Waals surface area (Å²) < 4.78 is 0. The largest absolute Gasteiger partial charge is 0.297 e. The molecule has 5 rings (SSSR count). The van der Waals surface area contributed by atoms with Gasteiger partial charge in [-0.25, -0.2) is 0 Å². The van der Waals surface area contributed by atoms with E-state index < -0.39 is 0 Å². The summed E-state index contributed by atoms with van der Waals surface area (Å²) in [7, 11) is 0. The zero-order valence-electron chi connectivity index (χ0n) is 13.1. The summed E-state index contributed by atoms with van der Waals surface area (Å²) in [4.78, 5) is 5.82. The fourth-order valence-corrected chi connectivity index (χ4v) is 5.66. The molecule has 21 heavy (non-hydrogen) atoms. The minimum Gasteiger partial charge on any atom is -0.297 e. The first kappa shape index (κ1) is 13.8. The minimum absolute atomic E-state index is 0.481. The Morgan fingerprint density at radius 3 is 2.19 bits per heavy atom. The van der Waals surface area contributed by atoms with Crippen LogP contribution in [0.4, 0.5) is 0 Å². The monoisotopic (exact) mass is 285 g/mol. The second-order valence-corrected chi connectivity index (χ2v) is 7.89. The van der Waals surface area contributed by atoms with Gasteiger partial charge < -0.3 is 0 Å². The number of benzene rings is 1. The van der Waals surface area contributed by atoms with E-state index in [1.165, 1.54) is 44.1 Å². The topological polar surface area (TPSA) is 21.3 Å². The Morgan fingerprint density at radius 2 is 1.62 bits per heavy atom. The molecule has 0 heterocycles. The Bertz CT molecular complexity index is 448. The van der Waals surface area contributed by atoms with Crippen LogP contribution in [0, 0.1) is 23.2 Å². The molecular weight excluding hydrogens is 258 g/mol. The second-order valence-electron chi connectivity index (χ2n) is 7.89. The zero-order chi connectivity index (χ0) is 14.3. The molecule has 0 radical (unpaired) electrons. The first-order valence-electron chi connectivity index (χ1n) is 8.65. The van der Waals surface area contributed by atoms with Crippen molar-refractivity contribution in [3.05, 3.63) is 35.9 Å². The molecular formula is C19H27NO. The van der Waals surface area contributed by atoms with Crippen molar-refractivity contribution >= 4 is 0 Å². The van der Waals surface area contributed by atoms with E-state index in [4.69, 9.17) is 4.84 Å². The van der Waals surface area contributed by atoms with Crippen molar-refractivity contribution in [1.82, 2.24) is 5.48 Å². The summed E-state index contributed by atoms with van der Waals surface area (Å²) in [6, 6.07) is 10.9. The Hall–Kier alpha value is -0.860. The summed E-state index contributed by atoms with van der Waals surface area (Å²) in [6.45, 7) is 3.01. The summed E-state index contributed by atoms with van der Waals surface area (Å²) in [5.74, 6) is 3.03. The van der Waals surface area contributed by atoms with Crippen LogP contribution in [-0.4, -0.2) is 6.04 Å². The molecule has 0 aromatic heterocycles. The zero-order valence-corrected chi connectivity index (χ0v) is 13.1. The van der Waals surface area contributed by atoms with Gasteiger partial charge in [-0.05, 0) is 74.2 Å². The highest BCUT2D eigenvalue weighted by atomic mass is 16.6. The fourth-order valence-electron chi connectivity index (χ4n) is 5.66. The van der Waals surface area contributed by atoms with Gasteiger partial charge in [-0.1, -0.05) is 30.3 Å². The normalized spacial score (nSPS) is 38.6. The van der Waals surface area contributed by atoms with Crippen LogP contribution in [0.2, 0.25) is 0 Å². The third-order valence-electron chi connectivity index (χ3n) is 6.35. The van der Waals surface area contributed by atoms with E-state index in [1.54, 1.807) is 0 Å². The molecule has 4 aliphatic carbocycles. The van der Waals surface area contributed by atoms with Crippen LogP contribution in [0.25, 0.3) is 0 Å². The standard InChI is InChI=1S/C19H27NO/c1-14(20-21-13-15-5-3-2-4-6-15)19-10-16-7-17(11-19)9-18(8-16)12-19/h2-6,14,16-18,20H,7-13H2,1H3. The lowest BCUT2D eigenvalue weighted by molar-refractivity contribution is -0.110. The lowest BCUT2D eigenvalue weighted by Crippen LogP contribution is -2.54. The maximum absolute atomic E-state index is 5.82. The molecule has 4 fully saturated rings. The smallest absolute Gasteiger partial charge is 0.0933 e. The second kappa shape index (κ2) is 5.40. The Kier molecular flexibility index (Phi) is 3.55. The molecule has 0 saturated heterocycles. The van der Waals surface area contributed by atoms with Crippen molar-refractivity contribution in [3.8, 4) is 0 Å². The summed E-state index contributed by atoms with van der Waals surface area (Å²) >= 11 is 0. The Morgan fingerprint density at radius 1 is 1.05 bits per heavy atom. The maximum atomic E-state index is 5.82. The van der Waals surface area contributed by atoms with Crippen molar-refractivity contribution < 1.29 is 4.84 Å². The average Bonchev–Trinajstić information content (AvgIpc) is 2.47. The number of hydrogen-bond acceptors (Lipinski definition) is 2. The molecule has 1 aromatic carbocycles. The maximum Gasteiger partial charge on any atom is 0.0933 e. The molecule has 0 aliphatic heterocycles. The van der Waals surface area contributed by atoms with Gasteiger partial charge in [0.2, 0.25) is 0 Å². The van der Waals surface area contributed by atoms with Crippen molar-refractivity contribution in [3.63, 3.8) is 0 Å². The van der Waals surface area contributed by atoms with Gasteiger partial charge in [-0.2, -0.15) is 5.48 Å². The molecule has 1 atom stereocenters. The SMILES string of the molecule is CC(NOCc1ccccc1)C12CC3CC(CC(C3)C1)C2. The van der Waals surface area contributed by atoms with Gasteiger partial charge in [-0.3, -0.25) is 4.84 Å². The minimum atomic E-state index is 0.481. The van der Waals surface area contributed by atoms with Gasteiger partial charge in [-0.15, -0.1) is 0 Å². The first-order valence-corrected chi connectivity index (χ1v) is 8.65. The van der Waals surface area contributed by atoms with Gasteiger partial charge in [0.1, 0.15) is 0 Å². The van der Waals surface area contributed by atoms with E-state index in [2.05, 4.69) is 42.7 Å². The molecule has 4 saturated carbocycles. The molecule has 0 spiro atoms. The number of hydrogen-bond donors (Lipinski definition) is 1. The van der Waals surface area contributed by atoms with E-state index in [0.29, 0.717) is 18.1 Å². The average molecular weight is 285 g/mol. The van der Waals surface area contributed by atoms with Gasteiger partial charge in [0, 0.05) is 6.04 Å². The molecule has 1 N–H and O–H groups in total. The predicted octanol–water partition coefficient (Wildman–Crippen LogP) is 4.31. The lowest BCUT2D eigenvalue weighted by atomic mass is 9.48. The summed E-state index contributed by atoms with van der Waals surface area (Å²) in [5, 5.41) is 0. The number of hydroxylamine groups is 1. The van der Waals surface area contributed by atoms with Gasteiger partial charge in [0.25, 0.3) is 0 Å². The van der Waals surface area contributed by atoms with Gasteiger partial charge >= 0.3 is 0 Å². The first-order chi connectivity index (χ1) is 10.2. The molecule has 4 bridgehead atoms. The molecule has 4 aliphatic rings. The van der Waals surface area contributed by atoms with Crippen molar-refractivity contribution in [2.45, 2.75) is 58.1 Å². The van der Waals surface area contributed by atoms with E-state index >= 15 is 0 Å². The van der Waals surface area contributed by atoms with Crippen LogP contribution in [-0.2, 0) is 11.4 Å². The van der Waals surface area contributed by atoms with Gasteiger partial charge in [0.05, 0.1) is 6.61 Å². The van der Waals surface area contributed by atoms with Crippen LogP contribution in [0.15, 0.2) is 30.3 Å². The van der Waals surface area contributed by atoms with E-state index in [1.807, 2.05) is 0 Å². The molecule has 1 unspecified atom stereocenters. The Balaban J connectivity index is 1.35. The van der Waals surface area contributed by atoms with Crippen molar-refractivity contribution in [1.29, 1.82) is 0 Å². The highest BCUT2D eigenvalue weighted by Crippen LogP contribution is 2.61. The van der Waals surface area contributed by atoms with Crippen LogP contribution >= 0.6 is 0 Å². The predicted molar refractivity (Wildman–Crippen MR) is 84.4 cm³/mol. The molecule has 114 valence electrons. The molecule has 0 amide bonds. The van der Waals surface area contributed by atoms with Crippen LogP contribution in [0.3, 0.4) is 0 Å². The quantitative estimate of drug-likeness (QED) is 0.814. The summed E-state index contributed by atoms with van der Waals surface area (Å²) in [5.41, 5.74) is 5.15. The van der Waals surface area contributed by atoms with Crippen LogP contribution < -0.4 is 5.48 Å². The van der Waals surface area contributed by atoms with E-state index in [9.17, 15) is 0 Å².